The third kappa shape index (κ3) is 5.95. The van der Waals surface area contributed by atoms with Gasteiger partial charge in [-0.2, -0.15) is 8.42 Å². The van der Waals surface area contributed by atoms with Crippen LogP contribution in [0.15, 0.2) is 57.9 Å². The summed E-state index contributed by atoms with van der Waals surface area (Å²) in [5, 5.41) is 0. The van der Waals surface area contributed by atoms with Gasteiger partial charge in [0.05, 0.1) is 11.5 Å². The zero-order valence-electron chi connectivity index (χ0n) is 13.9. The van der Waals surface area contributed by atoms with E-state index in [1.807, 2.05) is 31.2 Å². The van der Waals surface area contributed by atoms with E-state index in [-0.39, 0.29) is 18.1 Å². The number of halogens is 1. The molecule has 1 atom stereocenters. The lowest BCUT2D eigenvalue weighted by atomic mass is 10.0. The lowest BCUT2D eigenvalue weighted by molar-refractivity contribution is -0.141. The quantitative estimate of drug-likeness (QED) is 0.497. The van der Waals surface area contributed by atoms with Gasteiger partial charge in [-0.1, -0.05) is 45.8 Å². The highest BCUT2D eigenvalue weighted by molar-refractivity contribution is 9.10. The first-order valence-electron chi connectivity index (χ1n) is 7.63. The molecule has 0 N–H and O–H groups in total. The maximum atomic E-state index is 12.3. The van der Waals surface area contributed by atoms with E-state index >= 15 is 0 Å². The average Bonchev–Trinajstić information content (AvgIpc) is 2.56. The minimum Gasteiger partial charge on any atom is -0.465 e. The van der Waals surface area contributed by atoms with Crippen molar-refractivity contribution in [3.05, 3.63) is 64.1 Å². The number of aryl methyl sites for hydroxylation is 1. The molecule has 2 aromatic rings. The van der Waals surface area contributed by atoms with Crippen LogP contribution < -0.4 is 0 Å². The van der Waals surface area contributed by atoms with Gasteiger partial charge in [0.1, 0.15) is 6.61 Å². The fourth-order valence-electron chi connectivity index (χ4n) is 2.14. The zero-order valence-corrected chi connectivity index (χ0v) is 16.3. The highest BCUT2D eigenvalue weighted by atomic mass is 79.9. The second-order valence-corrected chi connectivity index (χ2v) is 8.13. The molecule has 0 radical (unpaired) electrons. The molecule has 0 saturated heterocycles. The molecule has 0 spiro atoms. The molecule has 0 aliphatic rings. The molecule has 5 nitrogen and oxygen atoms in total. The molecule has 0 heterocycles. The van der Waals surface area contributed by atoms with Gasteiger partial charge in [0.2, 0.25) is 0 Å². The number of hydrogen-bond donors (Lipinski definition) is 0. The third-order valence-electron chi connectivity index (χ3n) is 3.56. The van der Waals surface area contributed by atoms with Crippen molar-refractivity contribution in [3.63, 3.8) is 0 Å². The molecule has 0 bridgehead atoms. The molecule has 0 fully saturated rings. The van der Waals surface area contributed by atoms with E-state index in [4.69, 9.17) is 8.92 Å². The summed E-state index contributed by atoms with van der Waals surface area (Å²) in [7, 11) is -3.88. The summed E-state index contributed by atoms with van der Waals surface area (Å²) in [5.74, 6) is -0.819. The molecule has 0 saturated carbocycles. The predicted octanol–water partition coefficient (Wildman–Crippen LogP) is 3.81. The van der Waals surface area contributed by atoms with Crippen LogP contribution in [0.25, 0.3) is 0 Å². The smallest absolute Gasteiger partial charge is 0.302 e. The van der Waals surface area contributed by atoms with E-state index in [1.165, 1.54) is 19.1 Å². The Kier molecular flexibility index (Phi) is 6.75. The van der Waals surface area contributed by atoms with Gasteiger partial charge < -0.3 is 4.74 Å². The summed E-state index contributed by atoms with van der Waals surface area (Å²) in [6, 6.07) is 13.8. The lowest BCUT2D eigenvalue weighted by Gasteiger charge is -2.17. The van der Waals surface area contributed by atoms with Crippen molar-refractivity contribution >= 4 is 32.0 Å². The first-order valence-corrected chi connectivity index (χ1v) is 9.83. The number of hydrogen-bond acceptors (Lipinski definition) is 5. The molecule has 0 aliphatic heterocycles. The minimum absolute atomic E-state index is 0.0420. The first-order chi connectivity index (χ1) is 11.8. The monoisotopic (exact) mass is 426 g/mol. The Balaban J connectivity index is 2.14. The maximum Gasteiger partial charge on any atom is 0.302 e. The normalized spacial score (nSPS) is 12.6. The van der Waals surface area contributed by atoms with Gasteiger partial charge in [-0.05, 0) is 36.8 Å². The highest BCUT2D eigenvalue weighted by Crippen LogP contribution is 2.22. The van der Waals surface area contributed by atoms with E-state index in [0.717, 1.165) is 15.6 Å². The number of benzene rings is 2. The lowest BCUT2D eigenvalue weighted by Crippen LogP contribution is -2.19. The number of carbonyl (C=O) groups is 1. The fraction of sp³-hybridized carbons (Fsp3) is 0.278. The number of carbonyl (C=O) groups excluding carboxylic acids is 1. The fourth-order valence-corrected chi connectivity index (χ4v) is 3.35. The summed E-state index contributed by atoms with van der Waals surface area (Å²) in [6.45, 7) is 3.11. The second-order valence-electron chi connectivity index (χ2n) is 5.60. The molecule has 25 heavy (non-hydrogen) atoms. The van der Waals surface area contributed by atoms with E-state index in [2.05, 4.69) is 15.9 Å². The summed E-state index contributed by atoms with van der Waals surface area (Å²) in [6.07, 6.45) is 0. The van der Waals surface area contributed by atoms with Crippen molar-refractivity contribution in [2.24, 2.45) is 0 Å². The molecule has 134 valence electrons. The largest absolute Gasteiger partial charge is 0.465 e. The van der Waals surface area contributed by atoms with Gasteiger partial charge in [0.15, 0.2) is 0 Å². The Labute approximate surface area is 156 Å². The van der Waals surface area contributed by atoms with E-state index < -0.39 is 22.0 Å². The molecule has 0 aromatic heterocycles. The predicted molar refractivity (Wildman–Crippen MR) is 97.8 cm³/mol. The molecule has 1 unspecified atom stereocenters. The maximum absolute atomic E-state index is 12.3. The van der Waals surface area contributed by atoms with Crippen LogP contribution in [-0.2, 0) is 23.8 Å². The van der Waals surface area contributed by atoms with Crippen LogP contribution in [0, 0.1) is 6.92 Å². The topological polar surface area (TPSA) is 69.7 Å². The van der Waals surface area contributed by atoms with Crippen LogP contribution in [0.3, 0.4) is 0 Å². The van der Waals surface area contributed by atoms with Crippen LogP contribution in [0.2, 0.25) is 0 Å². The average molecular weight is 427 g/mol. The number of rotatable bonds is 7. The summed E-state index contributed by atoms with van der Waals surface area (Å²) >= 11 is 3.35. The number of esters is 1. The Morgan fingerprint density at radius 1 is 1.04 bits per heavy atom. The summed E-state index contributed by atoms with van der Waals surface area (Å²) in [5.41, 5.74) is 1.78. The van der Waals surface area contributed by atoms with Crippen molar-refractivity contribution in [3.8, 4) is 0 Å². The van der Waals surface area contributed by atoms with Crippen molar-refractivity contribution in [2.45, 2.75) is 24.7 Å². The van der Waals surface area contributed by atoms with Crippen LogP contribution >= 0.6 is 15.9 Å². The first kappa shape index (κ1) is 19.6. The Bertz CT molecular complexity index is 814. The molecular weight excluding hydrogens is 408 g/mol. The van der Waals surface area contributed by atoms with E-state index in [1.54, 1.807) is 12.1 Å². The van der Waals surface area contributed by atoms with Crippen molar-refractivity contribution < 1.29 is 22.1 Å². The molecule has 0 aliphatic carbocycles. The van der Waals surface area contributed by atoms with Gasteiger partial charge in [0, 0.05) is 17.3 Å². The van der Waals surface area contributed by atoms with Gasteiger partial charge in [-0.3, -0.25) is 8.98 Å². The summed E-state index contributed by atoms with van der Waals surface area (Å²) in [4.78, 5) is 11.2. The van der Waals surface area contributed by atoms with Gasteiger partial charge in [-0.25, -0.2) is 0 Å². The molecular formula is C18H19BrO5S. The van der Waals surface area contributed by atoms with E-state index in [0.29, 0.717) is 0 Å². The minimum atomic E-state index is -3.88. The SMILES string of the molecule is CC(=O)OCC(COS(=O)(=O)c1ccc(C)cc1)c1ccc(Br)cc1. The van der Waals surface area contributed by atoms with Gasteiger partial charge in [-0.15, -0.1) is 0 Å². The van der Waals surface area contributed by atoms with Crippen molar-refractivity contribution in [1.82, 2.24) is 0 Å². The number of ether oxygens (including phenoxy) is 1. The standard InChI is InChI=1S/C18H19BrO5S/c1-13-3-9-18(10-4-13)25(21,22)24-12-16(11-23-14(2)20)15-5-7-17(19)8-6-15/h3-10,16H,11-12H2,1-2H3. The van der Waals surface area contributed by atoms with Crippen LogP contribution in [0.1, 0.15) is 24.0 Å². The molecule has 0 amide bonds. The van der Waals surface area contributed by atoms with E-state index in [9.17, 15) is 13.2 Å². The van der Waals surface area contributed by atoms with Crippen LogP contribution in [0.4, 0.5) is 0 Å². The van der Waals surface area contributed by atoms with Crippen molar-refractivity contribution in [2.75, 3.05) is 13.2 Å². The molecule has 7 heteroatoms. The highest BCUT2D eigenvalue weighted by Gasteiger charge is 2.20. The Morgan fingerprint density at radius 2 is 1.64 bits per heavy atom. The Hall–Kier alpha value is -1.70. The zero-order chi connectivity index (χ0) is 18.4. The van der Waals surface area contributed by atoms with Crippen LogP contribution in [-0.4, -0.2) is 27.6 Å². The van der Waals surface area contributed by atoms with Gasteiger partial charge in [0.25, 0.3) is 10.1 Å². The molecule has 2 aromatic carbocycles. The van der Waals surface area contributed by atoms with Crippen molar-refractivity contribution in [1.29, 1.82) is 0 Å². The van der Waals surface area contributed by atoms with Gasteiger partial charge >= 0.3 is 5.97 Å². The second kappa shape index (κ2) is 8.60. The third-order valence-corrected chi connectivity index (χ3v) is 5.39. The summed E-state index contributed by atoms with van der Waals surface area (Å²) < 4.78 is 35.8. The molecule has 2 rings (SSSR count). The van der Waals surface area contributed by atoms with Crippen LogP contribution in [0.5, 0.6) is 0 Å². The Morgan fingerprint density at radius 3 is 2.20 bits per heavy atom.